The number of nitro benzene ring substituents is 1. The minimum absolute atomic E-state index is 0.482. The van der Waals surface area contributed by atoms with Crippen molar-refractivity contribution in [3.8, 4) is 0 Å². The quantitative estimate of drug-likeness (QED) is 0.373. The largest absolute Gasteiger partial charge is 0.393 e. The van der Waals surface area contributed by atoms with Crippen molar-refractivity contribution < 1.29 is 18.5 Å². The van der Waals surface area contributed by atoms with Crippen LogP contribution in [-0.4, -0.2) is 10.7 Å². The summed E-state index contributed by atoms with van der Waals surface area (Å²) in [5.74, 6) is -0.725. The van der Waals surface area contributed by atoms with Crippen LogP contribution in [0.5, 0.6) is 0 Å². The lowest BCUT2D eigenvalue weighted by Gasteiger charge is -2.08. The fourth-order valence-corrected chi connectivity index (χ4v) is 1.36. The van der Waals surface area contributed by atoms with Crippen LogP contribution >= 0.6 is 0 Å². The van der Waals surface area contributed by atoms with Gasteiger partial charge in [0.25, 0.3) is 12.1 Å². The summed E-state index contributed by atoms with van der Waals surface area (Å²) >= 11 is 0. The standard InChI is InChI=1S/C9H8F2N2O3/c1-4(14)7-5(9(10)11)2-3-6(8(7)12)13(15)16/h2-3,9H,12H2,1H3. The normalized spacial score (nSPS) is 10.5. The average molecular weight is 230 g/mol. The molecule has 1 rings (SSSR count). The zero-order valence-electron chi connectivity index (χ0n) is 8.24. The molecule has 0 bridgehead atoms. The summed E-state index contributed by atoms with van der Waals surface area (Å²) in [6, 6.07) is 1.71. The first kappa shape index (κ1) is 12.0. The summed E-state index contributed by atoms with van der Waals surface area (Å²) in [6.07, 6.45) is -2.90. The number of halogens is 2. The molecule has 7 heteroatoms. The number of benzene rings is 1. The molecule has 5 nitrogen and oxygen atoms in total. The van der Waals surface area contributed by atoms with Crippen molar-refractivity contribution in [1.29, 1.82) is 0 Å². The van der Waals surface area contributed by atoms with E-state index in [9.17, 15) is 23.7 Å². The number of nitrogens with zero attached hydrogens (tertiary/aromatic N) is 1. The monoisotopic (exact) mass is 230 g/mol. The van der Waals surface area contributed by atoms with Gasteiger partial charge in [-0.05, 0) is 13.0 Å². The van der Waals surface area contributed by atoms with Gasteiger partial charge >= 0.3 is 0 Å². The number of nitrogens with two attached hydrogens (primary N) is 1. The molecular weight excluding hydrogens is 222 g/mol. The van der Waals surface area contributed by atoms with Gasteiger partial charge in [0.2, 0.25) is 0 Å². The lowest BCUT2D eigenvalue weighted by atomic mass is 10.0. The maximum absolute atomic E-state index is 12.5. The molecule has 0 radical (unpaired) electrons. The first-order valence-corrected chi connectivity index (χ1v) is 4.22. The van der Waals surface area contributed by atoms with E-state index in [4.69, 9.17) is 5.73 Å². The Labute approximate surface area is 89.0 Å². The maximum Gasteiger partial charge on any atom is 0.292 e. The van der Waals surface area contributed by atoms with Crippen LogP contribution in [0.15, 0.2) is 12.1 Å². The molecule has 0 spiro atoms. The average Bonchev–Trinajstić information content (AvgIpc) is 2.15. The molecule has 0 saturated carbocycles. The van der Waals surface area contributed by atoms with Gasteiger partial charge in [-0.3, -0.25) is 14.9 Å². The molecule has 0 aliphatic heterocycles. The van der Waals surface area contributed by atoms with Crippen molar-refractivity contribution >= 4 is 17.2 Å². The van der Waals surface area contributed by atoms with E-state index in [1.807, 2.05) is 0 Å². The number of hydrogen-bond acceptors (Lipinski definition) is 4. The van der Waals surface area contributed by atoms with Gasteiger partial charge in [-0.1, -0.05) is 0 Å². The van der Waals surface area contributed by atoms with Gasteiger partial charge in [0.05, 0.1) is 10.5 Å². The van der Waals surface area contributed by atoms with Crippen LogP contribution in [-0.2, 0) is 0 Å². The van der Waals surface area contributed by atoms with Gasteiger partial charge in [-0.25, -0.2) is 8.78 Å². The number of carbonyl (C=O) groups is 1. The highest BCUT2D eigenvalue weighted by molar-refractivity contribution is 6.02. The van der Waals surface area contributed by atoms with Crippen molar-refractivity contribution in [1.82, 2.24) is 0 Å². The van der Waals surface area contributed by atoms with E-state index in [1.165, 1.54) is 0 Å². The second-order valence-corrected chi connectivity index (χ2v) is 3.08. The third-order valence-corrected chi connectivity index (χ3v) is 2.04. The number of anilines is 1. The predicted octanol–water partition coefficient (Wildman–Crippen LogP) is 2.32. The van der Waals surface area contributed by atoms with Crippen molar-refractivity contribution in [2.24, 2.45) is 0 Å². The number of nitro groups is 1. The van der Waals surface area contributed by atoms with Gasteiger partial charge in [0.15, 0.2) is 5.78 Å². The summed E-state index contributed by atoms with van der Waals surface area (Å²) in [5.41, 5.74) is 3.19. The first-order chi connectivity index (χ1) is 7.36. The zero-order valence-corrected chi connectivity index (χ0v) is 8.24. The highest BCUT2D eigenvalue weighted by Crippen LogP contribution is 2.33. The van der Waals surface area contributed by atoms with E-state index in [0.29, 0.717) is 0 Å². The Balaban J connectivity index is 3.54. The summed E-state index contributed by atoms with van der Waals surface area (Å²) < 4.78 is 25.0. The third kappa shape index (κ3) is 1.97. The number of hydrogen-bond donors (Lipinski definition) is 1. The Kier molecular flexibility index (Phi) is 3.17. The number of ketones is 1. The lowest BCUT2D eigenvalue weighted by molar-refractivity contribution is -0.383. The second kappa shape index (κ2) is 4.21. The van der Waals surface area contributed by atoms with Crippen LogP contribution in [0.4, 0.5) is 20.2 Å². The Morgan fingerprint density at radius 1 is 1.50 bits per heavy atom. The molecule has 2 N–H and O–H groups in total. The van der Waals surface area contributed by atoms with Crippen LogP contribution in [0, 0.1) is 10.1 Å². The molecule has 16 heavy (non-hydrogen) atoms. The molecule has 0 aliphatic carbocycles. The van der Waals surface area contributed by atoms with E-state index in [2.05, 4.69) is 0 Å². The van der Waals surface area contributed by atoms with Crippen LogP contribution in [0.1, 0.15) is 29.3 Å². The minimum atomic E-state index is -2.90. The molecule has 0 unspecified atom stereocenters. The first-order valence-electron chi connectivity index (χ1n) is 4.22. The fraction of sp³-hybridized carbons (Fsp3) is 0.222. The topological polar surface area (TPSA) is 86.2 Å². The highest BCUT2D eigenvalue weighted by atomic mass is 19.3. The number of alkyl halides is 2. The third-order valence-electron chi connectivity index (χ3n) is 2.04. The summed E-state index contributed by atoms with van der Waals surface area (Å²) in [4.78, 5) is 20.8. The zero-order chi connectivity index (χ0) is 12.5. The van der Waals surface area contributed by atoms with Crippen molar-refractivity contribution in [2.45, 2.75) is 13.3 Å². The van der Waals surface area contributed by atoms with Crippen molar-refractivity contribution in [3.05, 3.63) is 33.4 Å². The lowest BCUT2D eigenvalue weighted by Crippen LogP contribution is -2.08. The van der Waals surface area contributed by atoms with Gasteiger partial charge in [-0.15, -0.1) is 0 Å². The van der Waals surface area contributed by atoms with Gasteiger partial charge in [0.1, 0.15) is 5.69 Å². The maximum atomic E-state index is 12.5. The van der Waals surface area contributed by atoms with Crippen LogP contribution in [0.2, 0.25) is 0 Å². The summed E-state index contributed by atoms with van der Waals surface area (Å²) in [6.45, 7) is 1.03. The molecule has 1 aromatic carbocycles. The minimum Gasteiger partial charge on any atom is -0.393 e. The molecule has 0 amide bonds. The Morgan fingerprint density at radius 3 is 2.44 bits per heavy atom. The van der Waals surface area contributed by atoms with Gasteiger partial charge < -0.3 is 5.73 Å². The van der Waals surface area contributed by atoms with E-state index >= 15 is 0 Å². The number of nitrogen functional groups attached to an aromatic ring is 1. The van der Waals surface area contributed by atoms with E-state index in [-0.39, 0.29) is 0 Å². The van der Waals surface area contributed by atoms with E-state index < -0.39 is 39.6 Å². The number of rotatable bonds is 3. The summed E-state index contributed by atoms with van der Waals surface area (Å²) in [7, 11) is 0. The molecule has 0 saturated heterocycles. The van der Waals surface area contributed by atoms with Crippen LogP contribution in [0.3, 0.4) is 0 Å². The summed E-state index contributed by atoms with van der Waals surface area (Å²) in [5, 5.41) is 10.5. The molecule has 0 heterocycles. The van der Waals surface area contributed by atoms with Gasteiger partial charge in [-0.2, -0.15) is 0 Å². The Bertz CT molecular complexity index is 460. The predicted molar refractivity (Wildman–Crippen MR) is 52.5 cm³/mol. The molecule has 0 aliphatic rings. The SMILES string of the molecule is CC(=O)c1c(C(F)F)ccc([N+](=O)[O-])c1N. The molecule has 0 atom stereocenters. The van der Waals surface area contributed by atoms with E-state index in [1.54, 1.807) is 0 Å². The van der Waals surface area contributed by atoms with Crippen molar-refractivity contribution in [2.75, 3.05) is 5.73 Å². The van der Waals surface area contributed by atoms with Crippen molar-refractivity contribution in [3.63, 3.8) is 0 Å². The smallest absolute Gasteiger partial charge is 0.292 e. The molecular formula is C9H8F2N2O3. The Hall–Kier alpha value is -2.05. The molecule has 0 aromatic heterocycles. The molecule has 1 aromatic rings. The Morgan fingerprint density at radius 2 is 2.06 bits per heavy atom. The van der Waals surface area contributed by atoms with Gasteiger partial charge in [0, 0.05) is 11.6 Å². The molecule has 0 fully saturated rings. The number of carbonyl (C=O) groups excluding carboxylic acids is 1. The fourth-order valence-electron chi connectivity index (χ4n) is 1.36. The molecule has 86 valence electrons. The van der Waals surface area contributed by atoms with E-state index in [0.717, 1.165) is 19.1 Å². The highest BCUT2D eigenvalue weighted by Gasteiger charge is 2.24. The number of Topliss-reactive ketones (excluding diaryl/α,β-unsaturated/α-hetero) is 1. The van der Waals surface area contributed by atoms with Crippen LogP contribution < -0.4 is 5.73 Å². The second-order valence-electron chi connectivity index (χ2n) is 3.08. The van der Waals surface area contributed by atoms with Crippen LogP contribution in [0.25, 0.3) is 0 Å².